The quantitative estimate of drug-likeness (QED) is 0.241. The Hall–Kier alpha value is -4.77. The SMILES string of the molecule is CCCC1C(=O)N(C(C(N)=O)C(C)c2ccc(OCc3ccccc3)cc2)CCN1C(=O)C(Cc1ccc(F)cc1)NC(=O)C(C)(C)N. The van der Waals surface area contributed by atoms with Gasteiger partial charge in [-0.1, -0.05) is 74.9 Å². The number of carbonyl (C=O) groups is 4. The highest BCUT2D eigenvalue weighted by Gasteiger charge is 2.44. The third-order valence-electron chi connectivity index (χ3n) is 8.67. The van der Waals surface area contributed by atoms with Crippen LogP contribution in [0.2, 0.25) is 0 Å². The second kappa shape index (κ2) is 15.9. The van der Waals surface area contributed by atoms with E-state index < -0.39 is 53.1 Å². The summed E-state index contributed by atoms with van der Waals surface area (Å²) in [5.41, 5.74) is 13.2. The summed E-state index contributed by atoms with van der Waals surface area (Å²) < 4.78 is 19.5. The zero-order valence-corrected chi connectivity index (χ0v) is 28.0. The number of nitrogens with two attached hydrogens (primary N) is 2. The lowest BCUT2D eigenvalue weighted by molar-refractivity contribution is -0.157. The minimum absolute atomic E-state index is 0.0696. The van der Waals surface area contributed by atoms with Crippen LogP contribution in [-0.4, -0.2) is 70.2 Å². The van der Waals surface area contributed by atoms with Crippen LogP contribution in [0, 0.1) is 5.82 Å². The van der Waals surface area contributed by atoms with Crippen LogP contribution >= 0.6 is 0 Å². The number of ether oxygens (including phenoxy) is 1. The van der Waals surface area contributed by atoms with Gasteiger partial charge in [0.25, 0.3) is 0 Å². The van der Waals surface area contributed by atoms with Crippen molar-refractivity contribution in [2.75, 3.05) is 13.1 Å². The Balaban J connectivity index is 1.53. The summed E-state index contributed by atoms with van der Waals surface area (Å²) in [5.74, 6) is -2.25. The lowest BCUT2D eigenvalue weighted by atomic mass is 9.89. The number of halogens is 1. The first kappa shape index (κ1) is 36.1. The zero-order valence-electron chi connectivity index (χ0n) is 28.0. The van der Waals surface area contributed by atoms with E-state index in [0.717, 1.165) is 11.1 Å². The highest BCUT2D eigenvalue weighted by Crippen LogP contribution is 2.29. The van der Waals surface area contributed by atoms with Crippen LogP contribution in [0.3, 0.4) is 0 Å². The van der Waals surface area contributed by atoms with Crippen molar-refractivity contribution < 1.29 is 28.3 Å². The van der Waals surface area contributed by atoms with Gasteiger partial charge in [-0.3, -0.25) is 19.2 Å². The predicted molar refractivity (Wildman–Crippen MR) is 181 cm³/mol. The van der Waals surface area contributed by atoms with Gasteiger partial charge in [0.1, 0.15) is 36.3 Å². The topological polar surface area (TPSA) is 148 Å². The summed E-state index contributed by atoms with van der Waals surface area (Å²) in [7, 11) is 0. The van der Waals surface area contributed by atoms with Crippen molar-refractivity contribution in [2.45, 2.75) is 83.1 Å². The van der Waals surface area contributed by atoms with E-state index in [0.29, 0.717) is 30.8 Å². The fourth-order valence-corrected chi connectivity index (χ4v) is 5.96. The largest absolute Gasteiger partial charge is 0.489 e. The Kier molecular flexibility index (Phi) is 11.9. The Labute approximate surface area is 281 Å². The van der Waals surface area contributed by atoms with Crippen LogP contribution in [0.4, 0.5) is 4.39 Å². The first-order valence-corrected chi connectivity index (χ1v) is 16.3. The zero-order chi connectivity index (χ0) is 35.0. The van der Waals surface area contributed by atoms with E-state index in [9.17, 15) is 23.6 Å². The molecule has 0 spiro atoms. The molecule has 10 nitrogen and oxygen atoms in total. The summed E-state index contributed by atoms with van der Waals surface area (Å²) in [6, 6.07) is 19.9. The Morgan fingerprint density at radius 1 is 0.979 bits per heavy atom. The molecular weight excluding hydrogens is 613 g/mol. The van der Waals surface area contributed by atoms with Crippen molar-refractivity contribution in [1.82, 2.24) is 15.1 Å². The molecule has 3 aromatic carbocycles. The van der Waals surface area contributed by atoms with Crippen LogP contribution in [0.15, 0.2) is 78.9 Å². The average molecular weight is 660 g/mol. The third kappa shape index (κ3) is 8.97. The number of nitrogens with zero attached hydrogens (tertiary/aromatic N) is 2. The molecule has 1 fully saturated rings. The summed E-state index contributed by atoms with van der Waals surface area (Å²) in [4.78, 5) is 57.1. The number of primary amides is 1. The van der Waals surface area contributed by atoms with Gasteiger partial charge in [0.05, 0.1) is 5.54 Å². The lowest BCUT2D eigenvalue weighted by Gasteiger charge is -2.45. The van der Waals surface area contributed by atoms with Crippen molar-refractivity contribution in [3.05, 3.63) is 101 Å². The van der Waals surface area contributed by atoms with E-state index in [1.54, 1.807) is 12.1 Å². The van der Waals surface area contributed by atoms with Gasteiger partial charge in [0, 0.05) is 25.4 Å². The summed E-state index contributed by atoms with van der Waals surface area (Å²) >= 11 is 0. The molecule has 0 bridgehead atoms. The Bertz CT molecular complexity index is 1560. The minimum Gasteiger partial charge on any atom is -0.489 e. The van der Waals surface area contributed by atoms with Crippen molar-refractivity contribution in [2.24, 2.45) is 11.5 Å². The number of nitrogens with one attached hydrogen (secondary N) is 1. The first-order valence-electron chi connectivity index (χ1n) is 16.3. The number of hydrogen-bond acceptors (Lipinski definition) is 6. The molecule has 1 saturated heterocycles. The van der Waals surface area contributed by atoms with Crippen molar-refractivity contribution in [3.8, 4) is 5.75 Å². The molecule has 1 heterocycles. The maximum Gasteiger partial charge on any atom is 0.246 e. The summed E-state index contributed by atoms with van der Waals surface area (Å²) in [6.45, 7) is 7.41. The number of amides is 4. The van der Waals surface area contributed by atoms with Crippen molar-refractivity contribution in [1.29, 1.82) is 0 Å². The van der Waals surface area contributed by atoms with Gasteiger partial charge in [-0.15, -0.1) is 0 Å². The predicted octanol–water partition coefficient (Wildman–Crippen LogP) is 3.67. The normalized spacial score (nSPS) is 17.0. The summed E-state index contributed by atoms with van der Waals surface area (Å²) in [5, 5.41) is 2.75. The van der Waals surface area contributed by atoms with Crippen LogP contribution in [0.1, 0.15) is 63.1 Å². The van der Waals surface area contributed by atoms with E-state index in [1.165, 1.54) is 35.8 Å². The van der Waals surface area contributed by atoms with E-state index in [1.807, 2.05) is 68.4 Å². The van der Waals surface area contributed by atoms with Crippen molar-refractivity contribution in [3.63, 3.8) is 0 Å². The number of rotatable bonds is 14. The minimum atomic E-state index is -1.27. The van der Waals surface area contributed by atoms with Gasteiger partial charge in [-0.2, -0.15) is 0 Å². The molecule has 0 radical (unpaired) electrons. The highest BCUT2D eigenvalue weighted by atomic mass is 19.1. The standard InChI is InChI=1S/C37H46FN5O5/c1-5-9-31-35(46)43(32(33(39)44)24(2)27-14-18-29(19-15-27)48-23-26-10-7-6-8-11-26)21-20-42(31)34(45)30(41-36(47)37(3,4)40)22-25-12-16-28(38)17-13-25/h6-8,10-19,24,30-32H,5,9,20-23,40H2,1-4H3,(H2,39,44)(H,41,47). The molecule has 0 aromatic heterocycles. The molecule has 4 unspecified atom stereocenters. The number of piperazine rings is 1. The monoisotopic (exact) mass is 659 g/mol. The van der Waals surface area contributed by atoms with Gasteiger partial charge < -0.3 is 31.3 Å². The van der Waals surface area contributed by atoms with Gasteiger partial charge in [0.2, 0.25) is 23.6 Å². The lowest BCUT2D eigenvalue weighted by Crippen LogP contribution is -2.66. The molecule has 0 saturated carbocycles. The first-order chi connectivity index (χ1) is 22.8. The molecule has 4 amide bonds. The molecule has 4 rings (SSSR count). The summed E-state index contributed by atoms with van der Waals surface area (Å²) in [6.07, 6.45) is 0.994. The molecule has 1 aliphatic rings. The molecule has 5 N–H and O–H groups in total. The second-order valence-electron chi connectivity index (χ2n) is 12.9. The Morgan fingerprint density at radius 2 is 1.62 bits per heavy atom. The highest BCUT2D eigenvalue weighted by molar-refractivity contribution is 5.96. The molecule has 3 aromatic rings. The van der Waals surface area contributed by atoms with Gasteiger partial charge in [-0.05, 0) is 61.2 Å². The van der Waals surface area contributed by atoms with Crippen LogP contribution < -0.4 is 21.5 Å². The van der Waals surface area contributed by atoms with E-state index in [2.05, 4.69) is 5.32 Å². The molecular formula is C37H46FN5O5. The maximum absolute atomic E-state index is 14.1. The molecule has 0 aliphatic carbocycles. The molecule has 48 heavy (non-hydrogen) atoms. The van der Waals surface area contributed by atoms with Crippen LogP contribution in [-0.2, 0) is 32.2 Å². The molecule has 1 aliphatic heterocycles. The second-order valence-corrected chi connectivity index (χ2v) is 12.9. The van der Waals surface area contributed by atoms with Crippen LogP contribution in [0.5, 0.6) is 5.75 Å². The third-order valence-corrected chi connectivity index (χ3v) is 8.67. The Morgan fingerprint density at radius 3 is 2.21 bits per heavy atom. The number of benzene rings is 3. The number of carbonyl (C=O) groups excluding carboxylic acids is 4. The van der Waals surface area contributed by atoms with Gasteiger partial charge in [-0.25, -0.2) is 4.39 Å². The van der Waals surface area contributed by atoms with E-state index in [4.69, 9.17) is 16.2 Å². The fourth-order valence-electron chi connectivity index (χ4n) is 5.96. The van der Waals surface area contributed by atoms with E-state index >= 15 is 0 Å². The van der Waals surface area contributed by atoms with Crippen molar-refractivity contribution >= 4 is 23.6 Å². The van der Waals surface area contributed by atoms with Crippen LogP contribution in [0.25, 0.3) is 0 Å². The van der Waals surface area contributed by atoms with Gasteiger partial charge >= 0.3 is 0 Å². The maximum atomic E-state index is 14.1. The molecule has 256 valence electrons. The number of hydrogen-bond donors (Lipinski definition) is 3. The molecule has 11 heteroatoms. The molecule has 4 atom stereocenters. The van der Waals surface area contributed by atoms with E-state index in [-0.39, 0.29) is 25.4 Å². The fraction of sp³-hybridized carbons (Fsp3) is 0.405. The smallest absolute Gasteiger partial charge is 0.246 e. The average Bonchev–Trinajstić information content (AvgIpc) is 3.06. The van der Waals surface area contributed by atoms with Gasteiger partial charge in [0.15, 0.2) is 0 Å².